The molecule has 0 aliphatic rings. The molecule has 0 aromatic heterocycles. The quantitative estimate of drug-likeness (QED) is 0.309. The summed E-state index contributed by atoms with van der Waals surface area (Å²) in [5.41, 5.74) is 0. The van der Waals surface area contributed by atoms with E-state index in [0.717, 1.165) is 0 Å². The highest BCUT2D eigenvalue weighted by Crippen LogP contribution is 2.18. The minimum absolute atomic E-state index is 0.0287. The van der Waals surface area contributed by atoms with Crippen molar-refractivity contribution in [3.8, 4) is 0 Å². The SMILES string of the molecule is O=S(=O)([O-])c1ccc(F)c(F)c1F.c1ccc([I+]c2ccccc2)cc1. The second-order valence-electron chi connectivity index (χ2n) is 4.81. The van der Waals surface area contributed by atoms with Gasteiger partial charge in [0.25, 0.3) is 0 Å². The van der Waals surface area contributed by atoms with Crippen molar-refractivity contribution in [1.29, 1.82) is 0 Å². The number of hydrogen-bond donors (Lipinski definition) is 0. The van der Waals surface area contributed by atoms with Crippen molar-refractivity contribution in [1.82, 2.24) is 0 Å². The fourth-order valence-corrected chi connectivity index (χ4v) is 4.60. The molecule has 0 atom stereocenters. The predicted molar refractivity (Wildman–Crippen MR) is 84.6 cm³/mol. The zero-order valence-electron chi connectivity index (χ0n) is 13.1. The largest absolute Gasteiger partial charge is 0.744 e. The van der Waals surface area contributed by atoms with Gasteiger partial charge in [0.1, 0.15) is 10.1 Å². The van der Waals surface area contributed by atoms with E-state index in [-0.39, 0.29) is 21.2 Å². The number of rotatable bonds is 3. The Morgan fingerprint density at radius 2 is 1.15 bits per heavy atom. The van der Waals surface area contributed by atoms with Crippen LogP contribution in [0.5, 0.6) is 0 Å². The summed E-state index contributed by atoms with van der Waals surface area (Å²) in [6, 6.07) is 22.1. The first-order valence-corrected chi connectivity index (χ1v) is 10.7. The van der Waals surface area contributed by atoms with Gasteiger partial charge in [-0.3, -0.25) is 0 Å². The van der Waals surface area contributed by atoms with Crippen molar-refractivity contribution in [3.63, 3.8) is 0 Å². The molecule has 26 heavy (non-hydrogen) atoms. The van der Waals surface area contributed by atoms with Gasteiger partial charge in [0.2, 0.25) is 0 Å². The van der Waals surface area contributed by atoms with Crippen LogP contribution < -0.4 is 21.2 Å². The lowest BCUT2D eigenvalue weighted by Gasteiger charge is -2.07. The number of hydrogen-bond acceptors (Lipinski definition) is 3. The van der Waals surface area contributed by atoms with Crippen LogP contribution in [0.25, 0.3) is 0 Å². The lowest BCUT2D eigenvalue weighted by Crippen LogP contribution is -3.61. The van der Waals surface area contributed by atoms with Gasteiger partial charge in [-0.05, 0) is 36.4 Å². The van der Waals surface area contributed by atoms with Gasteiger partial charge in [-0.15, -0.1) is 0 Å². The van der Waals surface area contributed by atoms with Crippen molar-refractivity contribution in [2.24, 2.45) is 0 Å². The van der Waals surface area contributed by atoms with Crippen LogP contribution >= 0.6 is 0 Å². The molecule has 0 unspecified atom stereocenters. The molecule has 0 amide bonds. The van der Waals surface area contributed by atoms with Gasteiger partial charge in [0.05, 0.1) is 4.90 Å². The van der Waals surface area contributed by atoms with Crippen molar-refractivity contribution >= 4 is 10.1 Å². The topological polar surface area (TPSA) is 57.2 Å². The maximum Gasteiger partial charge on any atom is 0.357 e. The van der Waals surface area contributed by atoms with Gasteiger partial charge in [-0.25, -0.2) is 21.6 Å². The third-order valence-electron chi connectivity index (χ3n) is 2.95. The second-order valence-corrected chi connectivity index (χ2v) is 9.19. The molecular weight excluding hydrogens is 480 g/mol. The highest BCUT2D eigenvalue weighted by molar-refractivity contribution is 7.85. The van der Waals surface area contributed by atoms with Crippen LogP contribution in [0.3, 0.4) is 0 Å². The second kappa shape index (κ2) is 9.15. The summed E-state index contributed by atoms with van der Waals surface area (Å²) in [6.07, 6.45) is 0. The van der Waals surface area contributed by atoms with Gasteiger partial charge < -0.3 is 4.55 Å². The molecule has 3 rings (SSSR count). The molecular formula is C18H12F3IO3S. The lowest BCUT2D eigenvalue weighted by atomic mass is 10.3. The first kappa shape index (κ1) is 20.4. The van der Waals surface area contributed by atoms with Crippen molar-refractivity contribution in [3.05, 3.63) is 97.4 Å². The average molecular weight is 492 g/mol. The van der Waals surface area contributed by atoms with Crippen molar-refractivity contribution in [2.45, 2.75) is 4.90 Å². The fourth-order valence-electron chi connectivity index (χ4n) is 1.78. The summed E-state index contributed by atoms with van der Waals surface area (Å²) >= 11 is 0.0287. The van der Waals surface area contributed by atoms with Crippen LogP contribution in [0, 0.1) is 24.6 Å². The molecule has 8 heteroatoms. The van der Waals surface area contributed by atoms with Crippen LogP contribution in [0.4, 0.5) is 13.2 Å². The van der Waals surface area contributed by atoms with Crippen molar-refractivity contribution < 1.29 is 47.3 Å². The summed E-state index contributed by atoms with van der Waals surface area (Å²) in [7, 11) is -5.10. The molecule has 0 N–H and O–H groups in total. The molecule has 0 saturated heterocycles. The van der Waals surface area contributed by atoms with E-state index in [1.807, 2.05) is 0 Å². The third kappa shape index (κ3) is 5.82. The molecule has 0 aliphatic carbocycles. The van der Waals surface area contributed by atoms with E-state index in [0.29, 0.717) is 12.1 Å². The molecule has 3 aromatic carbocycles. The maximum atomic E-state index is 12.6. The predicted octanol–water partition coefficient (Wildman–Crippen LogP) is 0.823. The van der Waals surface area contributed by atoms with Gasteiger partial charge in [0.15, 0.2) is 24.6 Å². The Morgan fingerprint density at radius 1 is 0.692 bits per heavy atom. The van der Waals surface area contributed by atoms with Crippen LogP contribution in [0.2, 0.25) is 0 Å². The molecule has 0 heterocycles. The fraction of sp³-hybridized carbons (Fsp3) is 0. The van der Waals surface area contributed by atoms with E-state index in [9.17, 15) is 26.1 Å². The highest BCUT2D eigenvalue weighted by Gasteiger charge is 2.17. The Morgan fingerprint density at radius 3 is 1.58 bits per heavy atom. The first-order valence-electron chi connectivity index (χ1n) is 7.13. The first-order chi connectivity index (χ1) is 12.3. The van der Waals surface area contributed by atoms with E-state index < -0.39 is 32.5 Å². The molecule has 0 fully saturated rings. The van der Waals surface area contributed by atoms with E-state index in [2.05, 4.69) is 60.7 Å². The number of benzene rings is 3. The monoisotopic (exact) mass is 492 g/mol. The molecule has 3 nitrogen and oxygen atoms in total. The summed E-state index contributed by atoms with van der Waals surface area (Å²) in [5, 5.41) is 0. The Bertz CT molecular complexity index is 928. The molecule has 0 spiro atoms. The summed E-state index contributed by atoms with van der Waals surface area (Å²) < 4.78 is 70.8. The van der Waals surface area contributed by atoms with Crippen LogP contribution in [0.1, 0.15) is 0 Å². The van der Waals surface area contributed by atoms with Gasteiger partial charge in [-0.1, -0.05) is 36.4 Å². The lowest BCUT2D eigenvalue weighted by molar-refractivity contribution is -0.597. The minimum Gasteiger partial charge on any atom is -0.744 e. The van der Waals surface area contributed by atoms with E-state index in [1.165, 1.54) is 7.14 Å². The van der Waals surface area contributed by atoms with Crippen LogP contribution in [-0.2, 0) is 10.1 Å². The minimum atomic E-state index is -5.10. The zero-order valence-corrected chi connectivity index (χ0v) is 16.0. The average Bonchev–Trinajstić information content (AvgIpc) is 2.61. The molecule has 136 valence electrons. The Kier molecular flexibility index (Phi) is 7.18. The molecule has 0 aliphatic heterocycles. The smallest absolute Gasteiger partial charge is 0.357 e. The van der Waals surface area contributed by atoms with Crippen LogP contribution in [-0.4, -0.2) is 13.0 Å². The standard InChI is InChI=1S/C12H10I.C6H3F3O3S/c1-3-7-11(8-4-1)13-12-9-5-2-6-10-12;7-3-1-2-4(13(10,11)12)6(9)5(3)8/h1-10H;1-2H,(H,10,11,12)/q+1;/p-1. The van der Waals surface area contributed by atoms with E-state index in [1.54, 1.807) is 0 Å². The maximum absolute atomic E-state index is 12.6. The van der Waals surface area contributed by atoms with E-state index >= 15 is 0 Å². The Balaban J connectivity index is 0.000000187. The van der Waals surface area contributed by atoms with Gasteiger partial charge >= 0.3 is 21.2 Å². The van der Waals surface area contributed by atoms with Crippen LogP contribution in [0.15, 0.2) is 77.7 Å². The zero-order chi connectivity index (χ0) is 19.2. The third-order valence-corrected chi connectivity index (χ3v) is 6.49. The van der Waals surface area contributed by atoms with Gasteiger partial charge in [0, 0.05) is 0 Å². The highest BCUT2D eigenvalue weighted by atomic mass is 127. The van der Waals surface area contributed by atoms with Crippen molar-refractivity contribution in [2.75, 3.05) is 0 Å². The Hall–Kier alpha value is -1.91. The summed E-state index contributed by atoms with van der Waals surface area (Å²) in [5.74, 6) is -5.52. The number of halogens is 4. The summed E-state index contributed by atoms with van der Waals surface area (Å²) in [4.78, 5) is -1.40. The molecule has 0 bridgehead atoms. The molecule has 0 radical (unpaired) electrons. The normalized spacial score (nSPS) is 10.8. The Labute approximate surface area is 159 Å². The van der Waals surface area contributed by atoms with E-state index in [4.69, 9.17) is 0 Å². The summed E-state index contributed by atoms with van der Waals surface area (Å²) in [6.45, 7) is 0. The van der Waals surface area contributed by atoms with Gasteiger partial charge in [-0.2, -0.15) is 0 Å². The molecule has 3 aromatic rings. The molecule has 0 saturated carbocycles.